The van der Waals surface area contributed by atoms with E-state index < -0.39 is 0 Å². The van der Waals surface area contributed by atoms with E-state index in [1.54, 1.807) is 12.1 Å². The van der Waals surface area contributed by atoms with E-state index in [-0.39, 0.29) is 5.91 Å². The van der Waals surface area contributed by atoms with Crippen LogP contribution in [0, 0.1) is 0 Å². The zero-order valence-electron chi connectivity index (χ0n) is 9.47. The Labute approximate surface area is 104 Å². The van der Waals surface area contributed by atoms with E-state index in [1.807, 2.05) is 36.6 Å². The number of rotatable bonds is 4. The van der Waals surface area contributed by atoms with Crippen LogP contribution in [0.5, 0.6) is 0 Å². The number of amides is 1. The highest BCUT2D eigenvalue weighted by Gasteiger charge is 2.09. The van der Waals surface area contributed by atoms with E-state index in [0.717, 1.165) is 10.7 Å². The molecule has 4 heteroatoms. The van der Waals surface area contributed by atoms with Crippen LogP contribution in [0.4, 0.5) is 0 Å². The topological polar surface area (TPSA) is 42.2 Å². The lowest BCUT2D eigenvalue weighted by molar-refractivity contribution is 0.0918. The summed E-state index contributed by atoms with van der Waals surface area (Å²) < 4.78 is 5.33. The number of benzene rings is 1. The van der Waals surface area contributed by atoms with E-state index in [4.69, 9.17) is 4.42 Å². The van der Waals surface area contributed by atoms with Crippen molar-refractivity contribution in [2.45, 2.75) is 11.6 Å². The van der Waals surface area contributed by atoms with Crippen LogP contribution in [0.25, 0.3) is 0 Å². The van der Waals surface area contributed by atoms with Gasteiger partial charge in [0, 0.05) is 6.54 Å². The van der Waals surface area contributed by atoms with Crippen LogP contribution in [0.1, 0.15) is 16.1 Å². The fourth-order valence-corrected chi connectivity index (χ4v) is 1.79. The van der Waals surface area contributed by atoms with Gasteiger partial charge in [-0.05, 0) is 24.0 Å². The zero-order chi connectivity index (χ0) is 12.1. The highest BCUT2D eigenvalue weighted by atomic mass is 32.2. The molecule has 1 N–H and O–H groups in total. The number of thioether (sulfide) groups is 1. The second kappa shape index (κ2) is 5.59. The molecule has 17 heavy (non-hydrogen) atoms. The third-order valence-electron chi connectivity index (χ3n) is 2.30. The maximum Gasteiger partial charge on any atom is 0.287 e. The van der Waals surface area contributed by atoms with Gasteiger partial charge in [0.25, 0.3) is 5.91 Å². The lowest BCUT2D eigenvalue weighted by atomic mass is 10.2. The zero-order valence-corrected chi connectivity index (χ0v) is 10.3. The van der Waals surface area contributed by atoms with Crippen molar-refractivity contribution in [3.8, 4) is 0 Å². The summed E-state index contributed by atoms with van der Waals surface area (Å²) in [5, 5.41) is 3.56. The van der Waals surface area contributed by atoms with Gasteiger partial charge in [0.05, 0.1) is 0 Å². The summed E-state index contributed by atoms with van der Waals surface area (Å²) in [7, 11) is 0. The largest absolute Gasteiger partial charge is 0.445 e. The summed E-state index contributed by atoms with van der Waals surface area (Å²) in [4.78, 5) is 11.7. The van der Waals surface area contributed by atoms with Crippen LogP contribution in [0.3, 0.4) is 0 Å². The summed E-state index contributed by atoms with van der Waals surface area (Å²) in [5.41, 5.74) is 1.07. The fourth-order valence-electron chi connectivity index (χ4n) is 1.42. The molecule has 1 aromatic carbocycles. The van der Waals surface area contributed by atoms with Gasteiger partial charge in [-0.2, -0.15) is 0 Å². The molecule has 0 fully saturated rings. The fraction of sp³-hybridized carbons (Fsp3) is 0.154. The standard InChI is InChI=1S/C13H13NO2S/c1-17-12-8-7-11(16-12)13(15)14-9-10-5-3-2-4-6-10/h2-8H,9H2,1H3,(H,14,15). The molecule has 1 amide bonds. The predicted molar refractivity (Wildman–Crippen MR) is 68.1 cm³/mol. The molecule has 0 saturated heterocycles. The smallest absolute Gasteiger partial charge is 0.287 e. The minimum atomic E-state index is -0.186. The van der Waals surface area contributed by atoms with Crippen molar-refractivity contribution in [1.29, 1.82) is 0 Å². The van der Waals surface area contributed by atoms with Gasteiger partial charge in [-0.15, -0.1) is 0 Å². The monoisotopic (exact) mass is 247 g/mol. The van der Waals surface area contributed by atoms with E-state index >= 15 is 0 Å². The minimum absolute atomic E-state index is 0.186. The molecule has 2 aromatic rings. The van der Waals surface area contributed by atoms with Crippen LogP contribution in [-0.2, 0) is 6.54 Å². The lowest BCUT2D eigenvalue weighted by Gasteiger charge is -2.02. The molecule has 0 spiro atoms. The minimum Gasteiger partial charge on any atom is -0.445 e. The SMILES string of the molecule is CSc1ccc(C(=O)NCc2ccccc2)o1. The maximum atomic E-state index is 11.7. The third-order valence-corrected chi connectivity index (χ3v) is 2.92. The number of hydrogen-bond donors (Lipinski definition) is 1. The van der Waals surface area contributed by atoms with Crippen LogP contribution < -0.4 is 5.32 Å². The Balaban J connectivity index is 1.93. The molecule has 1 heterocycles. The van der Waals surface area contributed by atoms with Crippen molar-refractivity contribution in [2.75, 3.05) is 6.26 Å². The van der Waals surface area contributed by atoms with Crippen molar-refractivity contribution in [3.63, 3.8) is 0 Å². The number of furan rings is 1. The van der Waals surface area contributed by atoms with E-state index in [9.17, 15) is 4.79 Å². The molecule has 0 aliphatic rings. The van der Waals surface area contributed by atoms with Gasteiger partial charge in [0.2, 0.25) is 0 Å². The van der Waals surface area contributed by atoms with Gasteiger partial charge in [-0.3, -0.25) is 4.79 Å². The molecule has 0 radical (unpaired) electrons. The summed E-state index contributed by atoms with van der Waals surface area (Å²) in [6.45, 7) is 0.509. The average molecular weight is 247 g/mol. The van der Waals surface area contributed by atoms with Gasteiger partial charge in [-0.1, -0.05) is 42.1 Å². The van der Waals surface area contributed by atoms with Crippen molar-refractivity contribution < 1.29 is 9.21 Å². The van der Waals surface area contributed by atoms with Gasteiger partial charge in [0.15, 0.2) is 10.9 Å². The first kappa shape index (κ1) is 11.8. The maximum absolute atomic E-state index is 11.7. The molecule has 1 aromatic heterocycles. The molecule has 0 aliphatic heterocycles. The Kier molecular flexibility index (Phi) is 3.88. The Morgan fingerprint density at radius 3 is 2.65 bits per heavy atom. The highest BCUT2D eigenvalue weighted by Crippen LogP contribution is 2.17. The molecular formula is C13H13NO2S. The van der Waals surface area contributed by atoms with Crippen molar-refractivity contribution in [3.05, 3.63) is 53.8 Å². The van der Waals surface area contributed by atoms with E-state index in [0.29, 0.717) is 12.3 Å². The number of carbonyl (C=O) groups is 1. The first-order chi connectivity index (χ1) is 8.29. The Hall–Kier alpha value is -1.68. The van der Waals surface area contributed by atoms with Gasteiger partial charge >= 0.3 is 0 Å². The quantitative estimate of drug-likeness (QED) is 0.845. The van der Waals surface area contributed by atoms with Crippen LogP contribution >= 0.6 is 11.8 Å². The number of hydrogen-bond acceptors (Lipinski definition) is 3. The molecule has 0 atom stereocenters. The van der Waals surface area contributed by atoms with Crippen LogP contribution in [0.15, 0.2) is 52.0 Å². The molecule has 0 bridgehead atoms. The first-order valence-corrected chi connectivity index (χ1v) is 6.48. The van der Waals surface area contributed by atoms with Gasteiger partial charge in [0.1, 0.15) is 0 Å². The molecule has 2 rings (SSSR count). The van der Waals surface area contributed by atoms with Crippen LogP contribution in [-0.4, -0.2) is 12.2 Å². The van der Waals surface area contributed by atoms with Crippen LogP contribution in [0.2, 0.25) is 0 Å². The third kappa shape index (κ3) is 3.14. The average Bonchev–Trinajstić information content (AvgIpc) is 2.86. The molecule has 0 unspecified atom stereocenters. The number of carbonyl (C=O) groups excluding carboxylic acids is 1. The first-order valence-electron chi connectivity index (χ1n) is 5.25. The molecule has 88 valence electrons. The highest BCUT2D eigenvalue weighted by molar-refractivity contribution is 7.98. The van der Waals surface area contributed by atoms with E-state index in [2.05, 4.69) is 5.32 Å². The Morgan fingerprint density at radius 1 is 1.24 bits per heavy atom. The lowest BCUT2D eigenvalue weighted by Crippen LogP contribution is -2.22. The summed E-state index contributed by atoms with van der Waals surface area (Å²) >= 11 is 1.47. The normalized spacial score (nSPS) is 10.2. The molecule has 0 aliphatic carbocycles. The summed E-state index contributed by atoms with van der Waals surface area (Å²) in [6.07, 6.45) is 1.91. The Bertz CT molecular complexity index is 493. The van der Waals surface area contributed by atoms with Crippen molar-refractivity contribution in [2.24, 2.45) is 0 Å². The van der Waals surface area contributed by atoms with Gasteiger partial charge < -0.3 is 9.73 Å². The second-order valence-electron chi connectivity index (χ2n) is 3.49. The number of nitrogens with one attached hydrogen (secondary N) is 1. The van der Waals surface area contributed by atoms with Gasteiger partial charge in [-0.25, -0.2) is 0 Å². The van der Waals surface area contributed by atoms with Crippen molar-refractivity contribution >= 4 is 17.7 Å². The molecule has 3 nitrogen and oxygen atoms in total. The molecule has 0 saturated carbocycles. The van der Waals surface area contributed by atoms with E-state index in [1.165, 1.54) is 11.8 Å². The molecular weight excluding hydrogens is 234 g/mol. The summed E-state index contributed by atoms with van der Waals surface area (Å²) in [5.74, 6) is 0.166. The summed E-state index contributed by atoms with van der Waals surface area (Å²) in [6, 6.07) is 13.3. The second-order valence-corrected chi connectivity index (χ2v) is 4.30. The Morgan fingerprint density at radius 2 is 2.00 bits per heavy atom. The van der Waals surface area contributed by atoms with Crippen molar-refractivity contribution in [1.82, 2.24) is 5.32 Å². The predicted octanol–water partition coefficient (Wildman–Crippen LogP) is 2.93.